The summed E-state index contributed by atoms with van der Waals surface area (Å²) in [5.41, 5.74) is 2.41. The number of hydrogen-bond acceptors (Lipinski definition) is 6. The van der Waals surface area contributed by atoms with Crippen LogP contribution < -0.4 is 5.32 Å². The van der Waals surface area contributed by atoms with Gasteiger partial charge in [-0.15, -0.1) is 10.2 Å². The highest BCUT2D eigenvalue weighted by molar-refractivity contribution is 7.92. The van der Waals surface area contributed by atoms with Gasteiger partial charge in [-0.25, -0.2) is 12.8 Å². The number of aromatic nitrogens is 2. The lowest BCUT2D eigenvalue weighted by atomic mass is 10.1. The number of rotatable bonds is 6. The van der Waals surface area contributed by atoms with Crippen molar-refractivity contribution in [2.75, 3.05) is 5.32 Å². The van der Waals surface area contributed by atoms with Gasteiger partial charge in [0.2, 0.25) is 25.2 Å². The van der Waals surface area contributed by atoms with Crippen molar-refractivity contribution in [2.45, 2.75) is 17.0 Å². The molecule has 0 saturated carbocycles. The Balaban J connectivity index is 1.65. The molecule has 0 fully saturated rings. The molecule has 3 aromatic rings. The first-order chi connectivity index (χ1) is 13.3. The molecule has 0 saturated heterocycles. The Morgan fingerprint density at radius 3 is 2.46 bits per heavy atom. The summed E-state index contributed by atoms with van der Waals surface area (Å²) in [4.78, 5) is 12.0. The van der Waals surface area contributed by atoms with Gasteiger partial charge < -0.3 is 0 Å². The molecule has 144 valence electrons. The normalized spacial score (nSPS) is 11.6. The fourth-order valence-electron chi connectivity index (χ4n) is 2.24. The van der Waals surface area contributed by atoms with E-state index in [4.69, 9.17) is 0 Å². The van der Waals surface area contributed by atoms with Crippen LogP contribution in [-0.2, 0) is 20.4 Å². The van der Waals surface area contributed by atoms with Gasteiger partial charge in [-0.2, -0.15) is 0 Å². The highest BCUT2D eigenvalue weighted by Crippen LogP contribution is 2.23. The molecule has 1 heterocycles. The summed E-state index contributed by atoms with van der Waals surface area (Å²) in [6.45, 7) is 1.97. The van der Waals surface area contributed by atoms with Gasteiger partial charge in [-0.05, 0) is 36.3 Å². The number of hydrogen-bond donors (Lipinski definition) is 1. The number of sulfone groups is 1. The van der Waals surface area contributed by atoms with Crippen molar-refractivity contribution in [1.82, 2.24) is 10.2 Å². The van der Waals surface area contributed by atoms with Crippen molar-refractivity contribution in [3.63, 3.8) is 0 Å². The molecule has 6 nitrogen and oxygen atoms in total. The van der Waals surface area contributed by atoms with Gasteiger partial charge >= 0.3 is 0 Å². The lowest BCUT2D eigenvalue weighted by molar-refractivity contribution is -0.111. The molecular formula is C19H16FN3O3S2. The predicted molar refractivity (Wildman–Crippen MR) is 106 cm³/mol. The monoisotopic (exact) mass is 417 g/mol. The fraction of sp³-hybridized carbons (Fsp3) is 0.105. The lowest BCUT2D eigenvalue weighted by Gasteiger charge is -2.00. The number of benzene rings is 2. The Morgan fingerprint density at radius 2 is 1.79 bits per heavy atom. The SMILES string of the molecule is Cc1ccc(C=CC(=O)Nc2nnc(S(=O)(=O)Cc3ccc(F)cc3)s2)cc1. The molecule has 28 heavy (non-hydrogen) atoms. The summed E-state index contributed by atoms with van der Waals surface area (Å²) in [6.07, 6.45) is 2.97. The molecule has 3 rings (SSSR count). The molecule has 0 radical (unpaired) electrons. The van der Waals surface area contributed by atoms with Crippen molar-refractivity contribution in [1.29, 1.82) is 0 Å². The van der Waals surface area contributed by atoms with E-state index in [1.807, 2.05) is 31.2 Å². The second kappa shape index (κ2) is 8.41. The van der Waals surface area contributed by atoms with Crippen LogP contribution in [0.15, 0.2) is 58.9 Å². The molecule has 1 amide bonds. The summed E-state index contributed by atoms with van der Waals surface area (Å²) >= 11 is 0.764. The zero-order chi connectivity index (χ0) is 20.1. The number of amides is 1. The molecule has 0 spiro atoms. The van der Waals surface area contributed by atoms with Crippen LogP contribution in [0.1, 0.15) is 16.7 Å². The van der Waals surface area contributed by atoms with E-state index >= 15 is 0 Å². The Kier molecular flexibility index (Phi) is 5.96. The molecule has 1 aromatic heterocycles. The summed E-state index contributed by atoms with van der Waals surface area (Å²) < 4.78 is 37.6. The summed E-state index contributed by atoms with van der Waals surface area (Å²) in [5, 5.41) is 9.93. The van der Waals surface area contributed by atoms with E-state index in [1.54, 1.807) is 6.08 Å². The van der Waals surface area contributed by atoms with E-state index in [0.29, 0.717) is 5.56 Å². The zero-order valence-electron chi connectivity index (χ0n) is 14.8. The van der Waals surface area contributed by atoms with Crippen LogP contribution in [0.2, 0.25) is 0 Å². The molecular weight excluding hydrogens is 401 g/mol. The molecule has 0 atom stereocenters. The number of nitrogens with one attached hydrogen (secondary N) is 1. The largest absolute Gasteiger partial charge is 0.297 e. The van der Waals surface area contributed by atoms with Crippen molar-refractivity contribution in [3.8, 4) is 0 Å². The van der Waals surface area contributed by atoms with Crippen LogP contribution in [-0.4, -0.2) is 24.5 Å². The average Bonchev–Trinajstić information content (AvgIpc) is 3.12. The second-order valence-electron chi connectivity index (χ2n) is 5.99. The maximum atomic E-state index is 12.9. The van der Waals surface area contributed by atoms with E-state index < -0.39 is 21.6 Å². The van der Waals surface area contributed by atoms with Gasteiger partial charge in [0.15, 0.2) is 0 Å². The third kappa shape index (κ3) is 5.30. The number of nitrogens with zero attached hydrogens (tertiary/aromatic N) is 2. The first kappa shape index (κ1) is 19.8. The first-order valence-corrected chi connectivity index (χ1v) is 10.7. The topological polar surface area (TPSA) is 89.0 Å². The van der Waals surface area contributed by atoms with Gasteiger partial charge in [0, 0.05) is 6.08 Å². The highest BCUT2D eigenvalue weighted by Gasteiger charge is 2.21. The number of anilines is 1. The molecule has 0 bridgehead atoms. The fourth-order valence-corrected chi connectivity index (χ4v) is 4.57. The minimum absolute atomic E-state index is 0.0798. The van der Waals surface area contributed by atoms with Gasteiger partial charge in [0.25, 0.3) is 0 Å². The molecule has 0 aliphatic carbocycles. The molecule has 0 aliphatic rings. The van der Waals surface area contributed by atoms with Crippen LogP contribution >= 0.6 is 11.3 Å². The quantitative estimate of drug-likeness (QED) is 0.489. The Hall–Kier alpha value is -2.91. The van der Waals surface area contributed by atoms with Gasteiger partial charge in [-0.3, -0.25) is 10.1 Å². The maximum Gasteiger partial charge on any atom is 0.250 e. The van der Waals surface area contributed by atoms with E-state index in [9.17, 15) is 17.6 Å². The van der Waals surface area contributed by atoms with Gasteiger partial charge in [-0.1, -0.05) is 53.3 Å². The van der Waals surface area contributed by atoms with E-state index in [1.165, 1.54) is 30.3 Å². The van der Waals surface area contributed by atoms with Crippen molar-refractivity contribution >= 4 is 38.3 Å². The van der Waals surface area contributed by atoms with Gasteiger partial charge in [0.05, 0.1) is 5.75 Å². The Bertz CT molecular complexity index is 1110. The summed E-state index contributed by atoms with van der Waals surface area (Å²) in [5.74, 6) is -1.22. The molecule has 9 heteroatoms. The lowest BCUT2D eigenvalue weighted by Crippen LogP contribution is -2.07. The predicted octanol–water partition coefficient (Wildman–Crippen LogP) is 3.61. The van der Waals surface area contributed by atoms with Crippen LogP contribution in [0.3, 0.4) is 0 Å². The van der Waals surface area contributed by atoms with Gasteiger partial charge in [0.1, 0.15) is 5.82 Å². The molecule has 1 N–H and O–H groups in total. The third-order valence-corrected chi connectivity index (χ3v) is 6.65. The van der Waals surface area contributed by atoms with E-state index in [2.05, 4.69) is 15.5 Å². The number of carbonyl (C=O) groups is 1. The van der Waals surface area contributed by atoms with Crippen molar-refractivity contribution < 1.29 is 17.6 Å². The van der Waals surface area contributed by atoms with Crippen molar-refractivity contribution in [3.05, 3.63) is 77.1 Å². The molecule has 0 unspecified atom stereocenters. The average molecular weight is 417 g/mol. The molecule has 2 aromatic carbocycles. The van der Waals surface area contributed by atoms with Crippen molar-refractivity contribution in [2.24, 2.45) is 0 Å². The minimum atomic E-state index is -3.75. The highest BCUT2D eigenvalue weighted by atomic mass is 32.2. The summed E-state index contributed by atoms with van der Waals surface area (Å²) in [7, 11) is -3.75. The zero-order valence-corrected chi connectivity index (χ0v) is 16.4. The number of halogens is 1. The first-order valence-electron chi connectivity index (χ1n) is 8.18. The maximum absolute atomic E-state index is 12.9. The Labute approximate surface area is 165 Å². The van der Waals surface area contributed by atoms with Crippen LogP contribution in [0.25, 0.3) is 6.08 Å². The standard InChI is InChI=1S/C19H16FN3O3S2/c1-13-2-4-14(5-3-13)8-11-17(24)21-18-22-23-19(27-18)28(25,26)12-15-6-9-16(20)10-7-15/h2-11H,12H2,1H3,(H,21,22,24). The van der Waals surface area contributed by atoms with Crippen LogP contribution in [0, 0.1) is 12.7 Å². The smallest absolute Gasteiger partial charge is 0.250 e. The number of carbonyl (C=O) groups excluding carboxylic acids is 1. The van der Waals surface area contributed by atoms with E-state index in [0.717, 1.165) is 22.5 Å². The second-order valence-corrected chi connectivity index (χ2v) is 9.13. The minimum Gasteiger partial charge on any atom is -0.297 e. The van der Waals surface area contributed by atoms with Crippen LogP contribution in [0.5, 0.6) is 0 Å². The molecule has 0 aliphatic heterocycles. The van der Waals surface area contributed by atoms with Crippen LogP contribution in [0.4, 0.5) is 9.52 Å². The number of aryl methyl sites for hydroxylation is 1. The Morgan fingerprint density at radius 1 is 1.11 bits per heavy atom. The summed E-state index contributed by atoms with van der Waals surface area (Å²) in [6, 6.07) is 12.8. The van der Waals surface area contributed by atoms with E-state index in [-0.39, 0.29) is 15.2 Å². The third-order valence-electron chi connectivity index (χ3n) is 3.68.